The third-order valence-corrected chi connectivity index (χ3v) is 2.41. The Hall–Kier alpha value is -0.690. The normalized spacial score (nSPS) is 10.8. The van der Waals surface area contributed by atoms with Crippen molar-refractivity contribution in [2.45, 2.75) is 33.1 Å². The van der Waals surface area contributed by atoms with Crippen molar-refractivity contribution in [1.82, 2.24) is 0 Å². The maximum Gasteiger partial charge on any atom is 0.305 e. The van der Waals surface area contributed by atoms with Crippen LogP contribution in [-0.2, 0) is 28.5 Å². The van der Waals surface area contributed by atoms with E-state index in [0.717, 1.165) is 19.4 Å². The first-order chi connectivity index (χ1) is 10.3. The van der Waals surface area contributed by atoms with E-state index in [1.807, 2.05) is 6.92 Å². The van der Waals surface area contributed by atoms with E-state index < -0.39 is 0 Å². The third kappa shape index (κ3) is 17.3. The lowest BCUT2D eigenvalue weighted by atomic mass is 10.3. The fraction of sp³-hybridized carbons (Fsp3) is 0.933. The van der Waals surface area contributed by atoms with Gasteiger partial charge in [0.15, 0.2) is 0 Å². The Morgan fingerprint density at radius 3 is 1.48 bits per heavy atom. The van der Waals surface area contributed by atoms with E-state index in [2.05, 4.69) is 6.92 Å². The summed E-state index contributed by atoms with van der Waals surface area (Å²) in [5, 5.41) is 0. The molecule has 126 valence electrons. The second kappa shape index (κ2) is 17.4. The standard InChI is InChI=1S/C15H30O6/c1-3-5-15(16)21-14-13-20-12-11-19-10-9-18-8-7-17-6-4-2/h3-14H2,1-2H3. The lowest BCUT2D eigenvalue weighted by molar-refractivity contribution is -0.145. The van der Waals surface area contributed by atoms with Crippen LogP contribution < -0.4 is 0 Å². The second-order valence-corrected chi connectivity index (χ2v) is 4.42. The molecule has 0 rings (SSSR count). The van der Waals surface area contributed by atoms with Crippen molar-refractivity contribution >= 4 is 5.97 Å². The largest absolute Gasteiger partial charge is 0.463 e. The molecule has 0 unspecified atom stereocenters. The summed E-state index contributed by atoms with van der Waals surface area (Å²) in [6, 6.07) is 0. The average Bonchev–Trinajstić information content (AvgIpc) is 2.48. The first-order valence-electron chi connectivity index (χ1n) is 7.77. The molecule has 0 aliphatic heterocycles. The first kappa shape index (κ1) is 20.3. The zero-order valence-electron chi connectivity index (χ0n) is 13.4. The van der Waals surface area contributed by atoms with Crippen LogP contribution >= 0.6 is 0 Å². The molecule has 0 aromatic carbocycles. The van der Waals surface area contributed by atoms with Crippen molar-refractivity contribution < 1.29 is 28.5 Å². The Balaban J connectivity index is 3.01. The van der Waals surface area contributed by atoms with Crippen molar-refractivity contribution in [3.63, 3.8) is 0 Å². The minimum absolute atomic E-state index is 0.169. The summed E-state index contributed by atoms with van der Waals surface area (Å²) in [7, 11) is 0. The number of ether oxygens (including phenoxy) is 5. The Bertz CT molecular complexity index is 222. The van der Waals surface area contributed by atoms with E-state index in [1.165, 1.54) is 0 Å². The van der Waals surface area contributed by atoms with Gasteiger partial charge in [0.1, 0.15) is 6.61 Å². The smallest absolute Gasteiger partial charge is 0.305 e. The lowest BCUT2D eigenvalue weighted by Gasteiger charge is -2.07. The SMILES string of the molecule is CCCOCCOCCOCCOCCOC(=O)CCC. The van der Waals surface area contributed by atoms with Gasteiger partial charge in [-0.05, 0) is 12.8 Å². The fourth-order valence-electron chi connectivity index (χ4n) is 1.40. The minimum atomic E-state index is -0.169. The van der Waals surface area contributed by atoms with Gasteiger partial charge >= 0.3 is 5.97 Å². The van der Waals surface area contributed by atoms with Crippen molar-refractivity contribution in [1.29, 1.82) is 0 Å². The highest BCUT2D eigenvalue weighted by atomic mass is 16.6. The molecule has 0 bridgehead atoms. The molecule has 0 aliphatic rings. The van der Waals surface area contributed by atoms with Crippen LogP contribution in [0.5, 0.6) is 0 Å². The molecule has 0 radical (unpaired) electrons. The van der Waals surface area contributed by atoms with Gasteiger partial charge in [-0.1, -0.05) is 13.8 Å². The Kier molecular flexibility index (Phi) is 16.8. The summed E-state index contributed by atoms with van der Waals surface area (Å²) in [6.07, 6.45) is 2.30. The van der Waals surface area contributed by atoms with Gasteiger partial charge in [-0.15, -0.1) is 0 Å². The van der Waals surface area contributed by atoms with Gasteiger partial charge in [0, 0.05) is 13.0 Å². The number of esters is 1. The maximum atomic E-state index is 11.0. The maximum absolute atomic E-state index is 11.0. The molecule has 6 heteroatoms. The molecule has 0 N–H and O–H groups in total. The minimum Gasteiger partial charge on any atom is -0.463 e. The van der Waals surface area contributed by atoms with E-state index in [0.29, 0.717) is 59.3 Å². The predicted octanol–water partition coefficient (Wildman–Crippen LogP) is 1.81. The van der Waals surface area contributed by atoms with Crippen LogP contribution in [-0.4, -0.2) is 65.4 Å². The summed E-state index contributed by atoms with van der Waals surface area (Å²) in [4.78, 5) is 11.0. The van der Waals surface area contributed by atoms with Crippen LogP contribution in [0.4, 0.5) is 0 Å². The van der Waals surface area contributed by atoms with Crippen LogP contribution in [0.2, 0.25) is 0 Å². The summed E-state index contributed by atoms with van der Waals surface area (Å²) >= 11 is 0. The molecule has 0 atom stereocenters. The highest BCUT2D eigenvalue weighted by Crippen LogP contribution is 1.91. The zero-order valence-corrected chi connectivity index (χ0v) is 13.4. The van der Waals surface area contributed by atoms with E-state index >= 15 is 0 Å². The van der Waals surface area contributed by atoms with Crippen molar-refractivity contribution in [3.8, 4) is 0 Å². The summed E-state index contributed by atoms with van der Waals surface area (Å²) in [5.41, 5.74) is 0. The average molecular weight is 306 g/mol. The topological polar surface area (TPSA) is 63.2 Å². The highest BCUT2D eigenvalue weighted by Gasteiger charge is 1.99. The van der Waals surface area contributed by atoms with Crippen molar-refractivity contribution in [2.24, 2.45) is 0 Å². The molecule has 0 saturated heterocycles. The first-order valence-corrected chi connectivity index (χ1v) is 7.77. The van der Waals surface area contributed by atoms with Gasteiger partial charge in [0.2, 0.25) is 0 Å². The fourth-order valence-corrected chi connectivity index (χ4v) is 1.40. The molecule has 0 aromatic rings. The van der Waals surface area contributed by atoms with Crippen LogP contribution in [0, 0.1) is 0 Å². The van der Waals surface area contributed by atoms with Gasteiger partial charge in [-0.2, -0.15) is 0 Å². The van der Waals surface area contributed by atoms with Gasteiger partial charge in [0.05, 0.1) is 46.2 Å². The second-order valence-electron chi connectivity index (χ2n) is 4.42. The van der Waals surface area contributed by atoms with E-state index in [-0.39, 0.29) is 5.97 Å². The van der Waals surface area contributed by atoms with Crippen molar-refractivity contribution in [2.75, 3.05) is 59.5 Å². The Morgan fingerprint density at radius 1 is 0.619 bits per heavy atom. The lowest BCUT2D eigenvalue weighted by Crippen LogP contribution is -2.14. The predicted molar refractivity (Wildman–Crippen MR) is 79.4 cm³/mol. The van der Waals surface area contributed by atoms with Gasteiger partial charge in [-0.25, -0.2) is 0 Å². The highest BCUT2D eigenvalue weighted by molar-refractivity contribution is 5.69. The van der Waals surface area contributed by atoms with Gasteiger partial charge in [-0.3, -0.25) is 4.79 Å². The number of carbonyl (C=O) groups is 1. The van der Waals surface area contributed by atoms with E-state index in [9.17, 15) is 4.79 Å². The molecular formula is C15H30O6. The molecule has 0 aliphatic carbocycles. The monoisotopic (exact) mass is 306 g/mol. The molecule has 21 heavy (non-hydrogen) atoms. The molecule has 0 saturated carbocycles. The molecule has 0 aromatic heterocycles. The summed E-state index contributed by atoms with van der Waals surface area (Å²) < 4.78 is 26.1. The van der Waals surface area contributed by atoms with Crippen LogP contribution in [0.15, 0.2) is 0 Å². The quantitative estimate of drug-likeness (QED) is 0.320. The molecular weight excluding hydrogens is 276 g/mol. The van der Waals surface area contributed by atoms with E-state index in [4.69, 9.17) is 23.7 Å². The summed E-state index contributed by atoms with van der Waals surface area (Å²) in [6.45, 7) is 8.85. The number of rotatable bonds is 16. The van der Waals surface area contributed by atoms with Crippen molar-refractivity contribution in [3.05, 3.63) is 0 Å². The van der Waals surface area contributed by atoms with Crippen LogP contribution in [0.3, 0.4) is 0 Å². The Morgan fingerprint density at radius 2 is 1.05 bits per heavy atom. The molecule has 0 fully saturated rings. The third-order valence-electron chi connectivity index (χ3n) is 2.41. The van der Waals surface area contributed by atoms with E-state index in [1.54, 1.807) is 0 Å². The van der Waals surface area contributed by atoms with Crippen LogP contribution in [0.25, 0.3) is 0 Å². The number of hydrogen-bond donors (Lipinski definition) is 0. The summed E-state index contributed by atoms with van der Waals surface area (Å²) in [5.74, 6) is -0.169. The zero-order chi connectivity index (χ0) is 15.6. The number of hydrogen-bond acceptors (Lipinski definition) is 6. The molecule has 6 nitrogen and oxygen atoms in total. The van der Waals surface area contributed by atoms with Gasteiger partial charge < -0.3 is 23.7 Å². The Labute approximate surface area is 128 Å². The molecule has 0 heterocycles. The molecule has 0 amide bonds. The molecule has 0 spiro atoms. The van der Waals surface area contributed by atoms with Crippen LogP contribution in [0.1, 0.15) is 33.1 Å². The van der Waals surface area contributed by atoms with Gasteiger partial charge in [0.25, 0.3) is 0 Å². The number of carbonyl (C=O) groups excluding carboxylic acids is 1.